The Balaban J connectivity index is 2.05. The summed E-state index contributed by atoms with van der Waals surface area (Å²) in [6, 6.07) is 11.7. The molecule has 4 nitrogen and oxygen atoms in total. The Labute approximate surface area is 136 Å². The Morgan fingerprint density at radius 3 is 2.38 bits per heavy atom. The highest BCUT2D eigenvalue weighted by molar-refractivity contribution is 5.91. The first-order chi connectivity index (χ1) is 11.3. The van der Waals surface area contributed by atoms with E-state index in [-0.39, 0.29) is 12.2 Å². The number of Topliss-reactive ketones (excluding diaryl/α,β-unsaturated/α-hetero) is 1. The first kappa shape index (κ1) is 17.8. The van der Waals surface area contributed by atoms with Crippen LogP contribution in [0.2, 0.25) is 0 Å². The number of hydrogen-bond donors (Lipinski definition) is 0. The second-order valence-corrected chi connectivity index (χ2v) is 5.15. The summed E-state index contributed by atoms with van der Waals surface area (Å²) in [7, 11) is 0. The molecule has 128 valence electrons. The summed E-state index contributed by atoms with van der Waals surface area (Å²) >= 11 is 0. The zero-order chi connectivity index (χ0) is 17.6. The molecule has 7 heteroatoms. The Morgan fingerprint density at radius 2 is 1.79 bits per heavy atom. The second kappa shape index (κ2) is 7.81. The maximum atomic E-state index is 12.5. The summed E-state index contributed by atoms with van der Waals surface area (Å²) in [6.07, 6.45) is -6.28. The molecule has 0 aliphatic heterocycles. The van der Waals surface area contributed by atoms with E-state index < -0.39 is 30.5 Å². The average Bonchev–Trinajstić information content (AvgIpc) is 3.05. The molecular weight excluding hydrogens is 325 g/mol. The van der Waals surface area contributed by atoms with Crippen molar-refractivity contribution in [2.45, 2.75) is 31.5 Å². The van der Waals surface area contributed by atoms with Crippen molar-refractivity contribution >= 4 is 11.8 Å². The lowest BCUT2D eigenvalue weighted by Crippen LogP contribution is -2.31. The highest BCUT2D eigenvalue weighted by Gasteiger charge is 2.36. The van der Waals surface area contributed by atoms with Crippen LogP contribution >= 0.6 is 0 Å². The molecule has 0 aliphatic carbocycles. The predicted octanol–water partition coefficient (Wildman–Crippen LogP) is 3.96. The third-order valence-electron chi connectivity index (χ3n) is 3.24. The molecule has 0 radical (unpaired) electrons. The average molecular weight is 340 g/mol. The van der Waals surface area contributed by atoms with Crippen molar-refractivity contribution < 1.29 is 31.9 Å². The van der Waals surface area contributed by atoms with Crippen LogP contribution in [0.1, 0.15) is 29.0 Å². The molecule has 1 aromatic carbocycles. The normalized spacial score (nSPS) is 12.6. The lowest BCUT2D eigenvalue weighted by atomic mass is 10.0. The van der Waals surface area contributed by atoms with E-state index in [9.17, 15) is 22.8 Å². The van der Waals surface area contributed by atoms with Crippen LogP contribution in [0.15, 0.2) is 53.1 Å². The number of alkyl halides is 3. The van der Waals surface area contributed by atoms with Crippen LogP contribution in [0.25, 0.3) is 0 Å². The molecule has 1 atom stereocenters. The van der Waals surface area contributed by atoms with Crippen molar-refractivity contribution in [2.24, 2.45) is 0 Å². The van der Waals surface area contributed by atoms with Gasteiger partial charge in [-0.1, -0.05) is 30.3 Å². The largest absolute Gasteiger partial charge is 0.457 e. The van der Waals surface area contributed by atoms with E-state index in [0.717, 1.165) is 5.56 Å². The predicted molar refractivity (Wildman–Crippen MR) is 78.4 cm³/mol. The number of furan rings is 1. The minimum atomic E-state index is -4.65. The molecule has 2 aromatic rings. The minimum absolute atomic E-state index is 0.0363. The number of ether oxygens (including phenoxy) is 1. The monoisotopic (exact) mass is 340 g/mol. The van der Waals surface area contributed by atoms with Crippen molar-refractivity contribution in [2.75, 3.05) is 0 Å². The van der Waals surface area contributed by atoms with Gasteiger partial charge in [0.2, 0.25) is 5.76 Å². The van der Waals surface area contributed by atoms with Gasteiger partial charge in [0.05, 0.1) is 6.26 Å². The number of ketones is 1. The fourth-order valence-corrected chi connectivity index (χ4v) is 2.12. The Morgan fingerprint density at radius 1 is 1.08 bits per heavy atom. The third-order valence-corrected chi connectivity index (χ3v) is 3.24. The summed E-state index contributed by atoms with van der Waals surface area (Å²) in [5, 5.41) is 0. The number of hydrogen-bond acceptors (Lipinski definition) is 4. The summed E-state index contributed by atoms with van der Waals surface area (Å²) in [6.45, 7) is 0. The number of aryl methyl sites for hydroxylation is 1. The highest BCUT2D eigenvalue weighted by Crippen LogP contribution is 2.23. The van der Waals surface area contributed by atoms with Crippen LogP contribution in [-0.4, -0.2) is 24.0 Å². The van der Waals surface area contributed by atoms with Gasteiger partial charge in [0.15, 0.2) is 11.9 Å². The molecule has 24 heavy (non-hydrogen) atoms. The smallest absolute Gasteiger partial charge is 0.396 e. The second-order valence-electron chi connectivity index (χ2n) is 5.15. The van der Waals surface area contributed by atoms with Crippen molar-refractivity contribution in [1.82, 2.24) is 0 Å². The molecule has 1 unspecified atom stereocenters. The van der Waals surface area contributed by atoms with Gasteiger partial charge < -0.3 is 9.15 Å². The molecular formula is C17H15F3O4. The van der Waals surface area contributed by atoms with E-state index in [0.29, 0.717) is 6.42 Å². The van der Waals surface area contributed by atoms with E-state index in [4.69, 9.17) is 9.15 Å². The standard InChI is InChI=1S/C17H15F3O4/c18-17(19,20)11-13(21)14(9-8-12-5-2-1-3-6-12)24-16(22)15-7-4-10-23-15/h1-7,10,14H,8-9,11H2. The van der Waals surface area contributed by atoms with Gasteiger partial charge in [-0.25, -0.2) is 4.79 Å². The van der Waals surface area contributed by atoms with Crippen LogP contribution < -0.4 is 0 Å². The lowest BCUT2D eigenvalue weighted by molar-refractivity contribution is -0.158. The summed E-state index contributed by atoms with van der Waals surface area (Å²) < 4.78 is 47.2. The molecule has 0 saturated carbocycles. The Kier molecular flexibility index (Phi) is 5.78. The van der Waals surface area contributed by atoms with E-state index in [1.165, 1.54) is 18.4 Å². The SMILES string of the molecule is O=C(OC(CCc1ccccc1)C(=O)CC(F)(F)F)c1ccco1. The first-order valence-corrected chi connectivity index (χ1v) is 7.23. The number of halogens is 3. The lowest BCUT2D eigenvalue weighted by Gasteiger charge is -2.17. The van der Waals surface area contributed by atoms with Crippen LogP contribution in [0.5, 0.6) is 0 Å². The van der Waals surface area contributed by atoms with Crippen LogP contribution in [0.4, 0.5) is 13.2 Å². The van der Waals surface area contributed by atoms with Gasteiger partial charge in [-0.05, 0) is 30.5 Å². The van der Waals surface area contributed by atoms with Crippen molar-refractivity contribution in [3.63, 3.8) is 0 Å². The maximum Gasteiger partial charge on any atom is 0.396 e. The molecule has 0 aliphatic rings. The zero-order valence-corrected chi connectivity index (χ0v) is 12.6. The molecule has 0 saturated heterocycles. The number of benzene rings is 1. The van der Waals surface area contributed by atoms with E-state index in [2.05, 4.69) is 0 Å². The fraction of sp³-hybridized carbons (Fsp3) is 0.294. The molecule has 0 fully saturated rings. The van der Waals surface area contributed by atoms with Crippen LogP contribution in [0.3, 0.4) is 0 Å². The topological polar surface area (TPSA) is 56.5 Å². The maximum absolute atomic E-state index is 12.5. The fourth-order valence-electron chi connectivity index (χ4n) is 2.12. The minimum Gasteiger partial charge on any atom is -0.457 e. The molecule has 0 N–H and O–H groups in total. The van der Waals surface area contributed by atoms with Gasteiger partial charge in [-0.2, -0.15) is 13.2 Å². The van der Waals surface area contributed by atoms with Crippen molar-refractivity contribution in [3.8, 4) is 0 Å². The van der Waals surface area contributed by atoms with Gasteiger partial charge in [-0.15, -0.1) is 0 Å². The molecule has 1 heterocycles. The summed E-state index contributed by atoms with van der Waals surface area (Å²) in [4.78, 5) is 23.7. The van der Waals surface area contributed by atoms with Gasteiger partial charge in [0, 0.05) is 0 Å². The van der Waals surface area contributed by atoms with Gasteiger partial charge in [0.1, 0.15) is 6.42 Å². The highest BCUT2D eigenvalue weighted by atomic mass is 19.4. The van der Waals surface area contributed by atoms with E-state index in [1.54, 1.807) is 30.3 Å². The molecule has 0 bridgehead atoms. The number of esters is 1. The van der Waals surface area contributed by atoms with E-state index >= 15 is 0 Å². The number of carbonyl (C=O) groups excluding carboxylic acids is 2. The van der Waals surface area contributed by atoms with Gasteiger partial charge >= 0.3 is 12.1 Å². The zero-order valence-electron chi connectivity index (χ0n) is 12.6. The summed E-state index contributed by atoms with van der Waals surface area (Å²) in [5.41, 5.74) is 0.830. The quantitative estimate of drug-likeness (QED) is 0.716. The molecule has 0 amide bonds. The Bertz CT molecular complexity index is 663. The van der Waals surface area contributed by atoms with Crippen molar-refractivity contribution in [3.05, 3.63) is 60.1 Å². The van der Waals surface area contributed by atoms with Gasteiger partial charge in [0.25, 0.3) is 0 Å². The third kappa shape index (κ3) is 5.57. The van der Waals surface area contributed by atoms with Crippen molar-refractivity contribution in [1.29, 1.82) is 0 Å². The molecule has 0 spiro atoms. The Hall–Kier alpha value is -2.57. The summed E-state index contributed by atoms with van der Waals surface area (Å²) in [5.74, 6) is -2.31. The molecule has 2 rings (SSSR count). The van der Waals surface area contributed by atoms with Crippen LogP contribution in [-0.2, 0) is 16.0 Å². The van der Waals surface area contributed by atoms with Gasteiger partial charge in [-0.3, -0.25) is 4.79 Å². The first-order valence-electron chi connectivity index (χ1n) is 7.23. The number of rotatable bonds is 7. The molecule has 1 aromatic heterocycles. The van der Waals surface area contributed by atoms with E-state index in [1.807, 2.05) is 0 Å². The van der Waals surface area contributed by atoms with Crippen LogP contribution in [0, 0.1) is 0 Å². The number of carbonyl (C=O) groups is 2.